The number of nitrogens with one attached hydrogen (secondary N) is 1. The van der Waals surface area contributed by atoms with Gasteiger partial charge in [0.05, 0.1) is 22.8 Å². The normalized spacial score (nSPS) is 20.6. The first kappa shape index (κ1) is 20.1. The molecule has 146 valence electrons. The first-order chi connectivity index (χ1) is 12.9. The van der Waals surface area contributed by atoms with Crippen LogP contribution in [0.2, 0.25) is 0 Å². The minimum absolute atomic E-state index is 0.0126. The van der Waals surface area contributed by atoms with Gasteiger partial charge >= 0.3 is 0 Å². The van der Waals surface area contributed by atoms with Crippen LogP contribution in [0.25, 0.3) is 0 Å². The summed E-state index contributed by atoms with van der Waals surface area (Å²) < 4.78 is 5.75. The Morgan fingerprint density at radius 1 is 1.26 bits per heavy atom. The molecule has 2 atom stereocenters. The fourth-order valence-electron chi connectivity index (χ4n) is 3.20. The number of amides is 1. The Balaban J connectivity index is 1.45. The third-order valence-electron chi connectivity index (χ3n) is 4.27. The molecule has 1 amide bonds. The molecule has 1 aliphatic heterocycles. The number of hydrogen-bond acceptors (Lipinski definition) is 7. The summed E-state index contributed by atoms with van der Waals surface area (Å²) >= 11 is 2.88. The molecule has 1 fully saturated rings. The second-order valence-corrected chi connectivity index (χ2v) is 9.12. The maximum Gasteiger partial charge on any atom is 0.226 e. The molecule has 3 rings (SSSR count). The van der Waals surface area contributed by atoms with E-state index in [9.17, 15) is 9.59 Å². The molecule has 2 aromatic heterocycles. The van der Waals surface area contributed by atoms with Gasteiger partial charge in [-0.05, 0) is 32.9 Å². The van der Waals surface area contributed by atoms with Gasteiger partial charge in [0.1, 0.15) is 0 Å². The van der Waals surface area contributed by atoms with Gasteiger partial charge in [-0.25, -0.2) is 4.98 Å². The number of morpholine rings is 1. The first-order valence-electron chi connectivity index (χ1n) is 9.10. The molecule has 0 aliphatic carbocycles. The zero-order chi connectivity index (χ0) is 19.4. The van der Waals surface area contributed by atoms with Crippen LogP contribution < -0.4 is 5.32 Å². The van der Waals surface area contributed by atoms with E-state index in [0.717, 1.165) is 30.2 Å². The Hall–Kier alpha value is -1.61. The Labute approximate surface area is 167 Å². The summed E-state index contributed by atoms with van der Waals surface area (Å²) in [6, 6.07) is 3.74. The van der Waals surface area contributed by atoms with Crippen LogP contribution in [0.4, 0.5) is 5.13 Å². The van der Waals surface area contributed by atoms with Crippen molar-refractivity contribution in [2.24, 2.45) is 0 Å². The third kappa shape index (κ3) is 5.93. The lowest BCUT2D eigenvalue weighted by Gasteiger charge is -2.34. The lowest BCUT2D eigenvalue weighted by atomic mass is 10.2. The van der Waals surface area contributed by atoms with Crippen molar-refractivity contribution in [1.82, 2.24) is 9.88 Å². The van der Waals surface area contributed by atoms with Gasteiger partial charge in [0, 0.05) is 42.7 Å². The molecule has 27 heavy (non-hydrogen) atoms. The van der Waals surface area contributed by atoms with Crippen molar-refractivity contribution in [2.75, 3.05) is 18.4 Å². The molecule has 1 aliphatic rings. The molecule has 2 aromatic rings. The van der Waals surface area contributed by atoms with Crippen molar-refractivity contribution in [3.8, 4) is 0 Å². The van der Waals surface area contributed by atoms with E-state index < -0.39 is 0 Å². The second kappa shape index (κ2) is 9.05. The SMILES string of the molecule is Cc1ccc(C(=O)CCC(=O)Nc2nc(CN3CC(C)OC(C)C3)cs2)s1. The van der Waals surface area contributed by atoms with Gasteiger partial charge in [-0.3, -0.25) is 14.5 Å². The standard InChI is InChI=1S/C19H25N3O3S2/c1-12-8-22(9-13(2)25-12)10-15-11-26-19(20-15)21-18(24)7-5-16(23)17-6-4-14(3)27-17/h4,6,11-13H,5,7-10H2,1-3H3,(H,20,21,24). The van der Waals surface area contributed by atoms with E-state index in [4.69, 9.17) is 4.74 Å². The third-order valence-corrected chi connectivity index (χ3v) is 6.12. The quantitative estimate of drug-likeness (QED) is 0.708. The van der Waals surface area contributed by atoms with E-state index in [0.29, 0.717) is 10.0 Å². The Bertz CT molecular complexity index is 792. The van der Waals surface area contributed by atoms with E-state index in [1.165, 1.54) is 22.7 Å². The number of thiazole rings is 1. The van der Waals surface area contributed by atoms with Crippen LogP contribution in [-0.2, 0) is 16.1 Å². The van der Waals surface area contributed by atoms with Crippen molar-refractivity contribution >= 4 is 39.5 Å². The van der Waals surface area contributed by atoms with Gasteiger partial charge < -0.3 is 10.1 Å². The number of carbonyl (C=O) groups excluding carboxylic acids is 2. The highest BCUT2D eigenvalue weighted by molar-refractivity contribution is 7.14. The molecule has 1 N–H and O–H groups in total. The number of carbonyl (C=O) groups is 2. The van der Waals surface area contributed by atoms with E-state index in [-0.39, 0.29) is 36.7 Å². The average molecular weight is 408 g/mol. The highest BCUT2D eigenvalue weighted by Crippen LogP contribution is 2.20. The fourth-order valence-corrected chi connectivity index (χ4v) is 4.75. The lowest BCUT2D eigenvalue weighted by Crippen LogP contribution is -2.44. The summed E-state index contributed by atoms with van der Waals surface area (Å²) in [4.78, 5) is 32.9. The van der Waals surface area contributed by atoms with Crippen molar-refractivity contribution in [3.05, 3.63) is 33.0 Å². The van der Waals surface area contributed by atoms with Gasteiger partial charge in [-0.1, -0.05) is 0 Å². The number of thiophene rings is 1. The molecule has 6 nitrogen and oxygen atoms in total. The van der Waals surface area contributed by atoms with Gasteiger partial charge in [0.2, 0.25) is 5.91 Å². The zero-order valence-corrected chi connectivity index (χ0v) is 17.5. The fraction of sp³-hybridized carbons (Fsp3) is 0.526. The number of rotatable bonds is 7. The smallest absolute Gasteiger partial charge is 0.226 e. The lowest BCUT2D eigenvalue weighted by molar-refractivity contribution is -0.116. The Morgan fingerprint density at radius 3 is 2.67 bits per heavy atom. The molecule has 1 saturated heterocycles. The number of ether oxygens (including phenoxy) is 1. The molecule has 0 radical (unpaired) electrons. The Morgan fingerprint density at radius 2 is 2.00 bits per heavy atom. The van der Waals surface area contributed by atoms with Gasteiger partial charge in [0.25, 0.3) is 0 Å². The topological polar surface area (TPSA) is 71.5 Å². The largest absolute Gasteiger partial charge is 0.373 e. The molecule has 3 heterocycles. The second-order valence-electron chi connectivity index (χ2n) is 6.98. The average Bonchev–Trinajstić information content (AvgIpc) is 3.21. The highest BCUT2D eigenvalue weighted by Gasteiger charge is 2.22. The van der Waals surface area contributed by atoms with Gasteiger partial charge in [0.15, 0.2) is 10.9 Å². The van der Waals surface area contributed by atoms with Crippen LogP contribution in [-0.4, -0.2) is 46.9 Å². The summed E-state index contributed by atoms with van der Waals surface area (Å²) in [5.41, 5.74) is 0.946. The van der Waals surface area contributed by atoms with E-state index in [1.54, 1.807) is 0 Å². The van der Waals surface area contributed by atoms with Crippen LogP contribution >= 0.6 is 22.7 Å². The van der Waals surface area contributed by atoms with Crippen LogP contribution in [0.5, 0.6) is 0 Å². The molecule has 0 aromatic carbocycles. The van der Waals surface area contributed by atoms with E-state index >= 15 is 0 Å². The minimum atomic E-state index is -0.175. The molecule has 0 spiro atoms. The monoisotopic (exact) mass is 407 g/mol. The van der Waals surface area contributed by atoms with Crippen LogP contribution in [0, 0.1) is 6.92 Å². The van der Waals surface area contributed by atoms with Crippen LogP contribution in [0.3, 0.4) is 0 Å². The maximum absolute atomic E-state index is 12.1. The molecular formula is C19H25N3O3S2. The number of aromatic nitrogens is 1. The summed E-state index contributed by atoms with van der Waals surface area (Å²) in [6.45, 7) is 8.64. The van der Waals surface area contributed by atoms with Crippen molar-refractivity contribution < 1.29 is 14.3 Å². The molecule has 0 bridgehead atoms. The van der Waals surface area contributed by atoms with Crippen LogP contribution in [0.1, 0.15) is 46.9 Å². The van der Waals surface area contributed by atoms with Gasteiger partial charge in [-0.2, -0.15) is 0 Å². The number of hydrogen-bond donors (Lipinski definition) is 1. The number of anilines is 1. The number of ketones is 1. The maximum atomic E-state index is 12.1. The van der Waals surface area contributed by atoms with Crippen molar-refractivity contribution in [2.45, 2.75) is 52.4 Å². The molecular weight excluding hydrogens is 382 g/mol. The highest BCUT2D eigenvalue weighted by atomic mass is 32.1. The number of nitrogens with zero attached hydrogens (tertiary/aromatic N) is 2. The van der Waals surface area contributed by atoms with Gasteiger partial charge in [-0.15, -0.1) is 22.7 Å². The first-order valence-corrected chi connectivity index (χ1v) is 10.8. The molecule has 0 saturated carbocycles. The predicted octanol–water partition coefficient (Wildman–Crippen LogP) is 3.72. The van der Waals surface area contributed by atoms with E-state index in [2.05, 4.69) is 29.0 Å². The molecule has 2 unspecified atom stereocenters. The van der Waals surface area contributed by atoms with E-state index in [1.807, 2.05) is 24.4 Å². The van der Waals surface area contributed by atoms with Crippen LogP contribution in [0.15, 0.2) is 17.5 Å². The predicted molar refractivity (Wildman–Crippen MR) is 109 cm³/mol. The minimum Gasteiger partial charge on any atom is -0.373 e. The van der Waals surface area contributed by atoms with Crippen molar-refractivity contribution in [1.29, 1.82) is 0 Å². The van der Waals surface area contributed by atoms with Crippen molar-refractivity contribution in [3.63, 3.8) is 0 Å². The zero-order valence-electron chi connectivity index (χ0n) is 15.9. The summed E-state index contributed by atoms with van der Waals surface area (Å²) in [5.74, 6) is -0.162. The summed E-state index contributed by atoms with van der Waals surface area (Å²) in [7, 11) is 0. The number of Topliss-reactive ketones (excluding diaryl/α,β-unsaturated/α-hetero) is 1. The Kier molecular flexibility index (Phi) is 6.75. The summed E-state index contributed by atoms with van der Waals surface area (Å²) in [6.07, 6.45) is 0.823. The number of aryl methyl sites for hydroxylation is 1. The summed E-state index contributed by atoms with van der Waals surface area (Å²) in [5, 5.41) is 5.36. The molecule has 8 heteroatoms.